The third-order valence-corrected chi connectivity index (χ3v) is 3.63. The van der Waals surface area contributed by atoms with E-state index in [1.165, 1.54) is 4.90 Å². The minimum Gasteiger partial charge on any atom is -0.330 e. The van der Waals surface area contributed by atoms with Crippen LogP contribution in [0.3, 0.4) is 0 Å². The van der Waals surface area contributed by atoms with Crippen LogP contribution >= 0.6 is 0 Å². The number of amides is 2. The molecule has 0 bridgehead atoms. The van der Waals surface area contributed by atoms with Crippen molar-refractivity contribution in [2.75, 3.05) is 11.4 Å². The van der Waals surface area contributed by atoms with Crippen molar-refractivity contribution in [3.63, 3.8) is 0 Å². The lowest BCUT2D eigenvalue weighted by Crippen LogP contribution is -2.35. The fourth-order valence-corrected chi connectivity index (χ4v) is 2.77. The molecule has 0 aromatic heterocycles. The number of carbonyl (C=O) groups is 2. The molecule has 0 radical (unpaired) electrons. The monoisotopic (exact) mass is 260 g/mol. The van der Waals surface area contributed by atoms with Crippen molar-refractivity contribution in [1.82, 2.24) is 0 Å². The van der Waals surface area contributed by atoms with Gasteiger partial charge in [-0.2, -0.15) is 0 Å². The minimum absolute atomic E-state index is 0.140. The van der Waals surface area contributed by atoms with Gasteiger partial charge in [0, 0.05) is 6.54 Å². The Labute approximate surface area is 113 Å². The van der Waals surface area contributed by atoms with E-state index in [-0.39, 0.29) is 29.7 Å². The number of anilines is 1. The van der Waals surface area contributed by atoms with Crippen LogP contribution in [0.4, 0.5) is 5.69 Å². The van der Waals surface area contributed by atoms with Crippen LogP contribution in [0.25, 0.3) is 0 Å². The zero-order valence-corrected chi connectivity index (χ0v) is 11.6. The van der Waals surface area contributed by atoms with Gasteiger partial charge in [-0.05, 0) is 17.5 Å². The molecule has 1 aromatic carbocycles. The van der Waals surface area contributed by atoms with Crippen LogP contribution in [0.1, 0.15) is 20.8 Å². The molecule has 0 spiro atoms. The zero-order chi connectivity index (χ0) is 14.2. The summed E-state index contributed by atoms with van der Waals surface area (Å²) in [5.74, 6) is -1.10. The summed E-state index contributed by atoms with van der Waals surface area (Å²) in [4.78, 5) is 26.3. The van der Waals surface area contributed by atoms with Crippen molar-refractivity contribution < 1.29 is 9.59 Å². The van der Waals surface area contributed by atoms with Crippen molar-refractivity contribution in [2.45, 2.75) is 20.8 Å². The molecule has 1 aliphatic rings. The van der Waals surface area contributed by atoms with Gasteiger partial charge in [-0.3, -0.25) is 9.59 Å². The Kier molecular flexibility index (Phi) is 3.45. The first-order valence-corrected chi connectivity index (χ1v) is 6.51. The average Bonchev–Trinajstić information content (AvgIpc) is 2.61. The highest BCUT2D eigenvalue weighted by Gasteiger charge is 2.52. The molecule has 1 fully saturated rings. The number of hydrogen-bond acceptors (Lipinski definition) is 3. The smallest absolute Gasteiger partial charge is 0.238 e. The first-order valence-electron chi connectivity index (χ1n) is 6.51. The number of imide groups is 1. The van der Waals surface area contributed by atoms with Gasteiger partial charge in [0.1, 0.15) is 0 Å². The zero-order valence-electron chi connectivity index (χ0n) is 11.6. The molecule has 2 amide bonds. The van der Waals surface area contributed by atoms with Gasteiger partial charge in [0.15, 0.2) is 0 Å². The second-order valence-electron chi connectivity index (χ2n) is 6.03. The standard InChI is InChI=1S/C15H20N2O2/c1-15(2,3)12-11(9-16)13(18)17(14(12)19)10-7-5-4-6-8-10/h4-8,11-12H,9,16H2,1-3H3. The molecule has 2 rings (SSSR count). The van der Waals surface area contributed by atoms with Gasteiger partial charge in [0.2, 0.25) is 11.8 Å². The second-order valence-corrected chi connectivity index (χ2v) is 6.03. The Morgan fingerprint density at radius 1 is 1.11 bits per heavy atom. The van der Waals surface area contributed by atoms with E-state index in [4.69, 9.17) is 5.73 Å². The predicted molar refractivity (Wildman–Crippen MR) is 74.4 cm³/mol. The summed E-state index contributed by atoms with van der Waals surface area (Å²) in [5.41, 5.74) is 6.06. The molecule has 1 saturated heterocycles. The van der Waals surface area contributed by atoms with Gasteiger partial charge in [0.05, 0.1) is 17.5 Å². The lowest BCUT2D eigenvalue weighted by atomic mass is 9.74. The number of carbonyl (C=O) groups excluding carboxylic acids is 2. The first-order chi connectivity index (χ1) is 8.88. The van der Waals surface area contributed by atoms with E-state index in [0.717, 1.165) is 0 Å². The third-order valence-electron chi connectivity index (χ3n) is 3.63. The van der Waals surface area contributed by atoms with E-state index >= 15 is 0 Å². The summed E-state index contributed by atoms with van der Waals surface area (Å²) in [7, 11) is 0. The molecule has 2 N–H and O–H groups in total. The molecule has 102 valence electrons. The van der Waals surface area contributed by atoms with E-state index in [1.54, 1.807) is 12.1 Å². The quantitative estimate of drug-likeness (QED) is 0.825. The van der Waals surface area contributed by atoms with Crippen LogP contribution in [-0.4, -0.2) is 18.4 Å². The Balaban J connectivity index is 2.44. The van der Waals surface area contributed by atoms with E-state index in [2.05, 4.69) is 0 Å². The van der Waals surface area contributed by atoms with Crippen molar-refractivity contribution in [3.8, 4) is 0 Å². The second kappa shape index (κ2) is 4.78. The third kappa shape index (κ3) is 2.28. The van der Waals surface area contributed by atoms with Gasteiger partial charge in [-0.15, -0.1) is 0 Å². The number of nitrogens with two attached hydrogens (primary N) is 1. The first kappa shape index (κ1) is 13.7. The predicted octanol–water partition coefficient (Wildman–Crippen LogP) is 1.80. The van der Waals surface area contributed by atoms with Gasteiger partial charge in [0.25, 0.3) is 0 Å². The summed E-state index contributed by atoms with van der Waals surface area (Å²) in [6, 6.07) is 9.04. The number of rotatable bonds is 2. The summed E-state index contributed by atoms with van der Waals surface area (Å²) in [5, 5.41) is 0. The molecule has 4 nitrogen and oxygen atoms in total. The Hall–Kier alpha value is -1.68. The van der Waals surface area contributed by atoms with Crippen LogP contribution < -0.4 is 10.6 Å². The highest BCUT2D eigenvalue weighted by atomic mass is 16.2. The molecule has 0 aliphatic carbocycles. The molecule has 1 heterocycles. The van der Waals surface area contributed by atoms with Gasteiger partial charge in [-0.1, -0.05) is 39.0 Å². The fourth-order valence-electron chi connectivity index (χ4n) is 2.77. The lowest BCUT2D eigenvalue weighted by molar-refractivity contribution is -0.124. The fraction of sp³-hybridized carbons (Fsp3) is 0.467. The van der Waals surface area contributed by atoms with Gasteiger partial charge >= 0.3 is 0 Å². The number of para-hydroxylation sites is 1. The summed E-state index contributed by atoms with van der Waals surface area (Å²) < 4.78 is 0. The SMILES string of the molecule is CC(C)(C)C1C(=O)N(c2ccccc2)C(=O)C1CN. The molecular weight excluding hydrogens is 240 g/mol. The van der Waals surface area contributed by atoms with Crippen molar-refractivity contribution in [2.24, 2.45) is 23.0 Å². The van der Waals surface area contributed by atoms with Crippen LogP contribution in [0.2, 0.25) is 0 Å². The summed E-state index contributed by atoms with van der Waals surface area (Å²) in [6.07, 6.45) is 0. The summed E-state index contributed by atoms with van der Waals surface area (Å²) in [6.45, 7) is 6.12. The van der Waals surface area contributed by atoms with Crippen molar-refractivity contribution >= 4 is 17.5 Å². The normalized spacial score (nSPS) is 24.1. The molecule has 0 saturated carbocycles. The van der Waals surface area contributed by atoms with Crippen LogP contribution in [0, 0.1) is 17.3 Å². The van der Waals surface area contributed by atoms with Crippen LogP contribution in [-0.2, 0) is 9.59 Å². The van der Waals surface area contributed by atoms with Crippen molar-refractivity contribution in [1.29, 1.82) is 0 Å². The van der Waals surface area contributed by atoms with E-state index in [9.17, 15) is 9.59 Å². The van der Waals surface area contributed by atoms with E-state index in [0.29, 0.717) is 5.69 Å². The van der Waals surface area contributed by atoms with Gasteiger partial charge < -0.3 is 5.73 Å². The Morgan fingerprint density at radius 2 is 1.68 bits per heavy atom. The maximum atomic E-state index is 12.6. The average molecular weight is 260 g/mol. The highest BCUT2D eigenvalue weighted by Crippen LogP contribution is 2.40. The lowest BCUT2D eigenvalue weighted by Gasteiger charge is -2.28. The molecule has 19 heavy (non-hydrogen) atoms. The van der Waals surface area contributed by atoms with Crippen molar-refractivity contribution in [3.05, 3.63) is 30.3 Å². The summed E-state index contributed by atoms with van der Waals surface area (Å²) >= 11 is 0. The molecular formula is C15H20N2O2. The minimum atomic E-state index is -0.423. The Bertz CT molecular complexity index is 491. The molecule has 1 aromatic rings. The number of benzene rings is 1. The maximum absolute atomic E-state index is 12.6. The number of nitrogens with zero attached hydrogens (tertiary/aromatic N) is 1. The highest BCUT2D eigenvalue weighted by molar-refractivity contribution is 6.22. The number of hydrogen-bond donors (Lipinski definition) is 1. The van der Waals surface area contributed by atoms with Gasteiger partial charge in [-0.25, -0.2) is 4.90 Å². The van der Waals surface area contributed by atoms with Crippen LogP contribution in [0.5, 0.6) is 0 Å². The topological polar surface area (TPSA) is 63.4 Å². The molecule has 2 atom stereocenters. The molecule has 4 heteroatoms. The largest absolute Gasteiger partial charge is 0.330 e. The molecule has 2 unspecified atom stereocenters. The van der Waals surface area contributed by atoms with E-state index in [1.807, 2.05) is 39.0 Å². The van der Waals surface area contributed by atoms with Crippen LogP contribution in [0.15, 0.2) is 30.3 Å². The van der Waals surface area contributed by atoms with E-state index < -0.39 is 5.92 Å². The maximum Gasteiger partial charge on any atom is 0.238 e. The Morgan fingerprint density at radius 3 is 2.11 bits per heavy atom. The molecule has 1 aliphatic heterocycles.